The summed E-state index contributed by atoms with van der Waals surface area (Å²) in [4.78, 5) is 55.2. The van der Waals surface area contributed by atoms with E-state index in [-0.39, 0.29) is 61.3 Å². The maximum absolute atomic E-state index is 16.2. The maximum Gasteiger partial charge on any atom is 0.322 e. The number of alkyl halides is 1. The Morgan fingerprint density at radius 1 is 1.07 bits per heavy atom. The molecule has 2 aliphatic heterocycles. The lowest BCUT2D eigenvalue weighted by Gasteiger charge is -2.39. The summed E-state index contributed by atoms with van der Waals surface area (Å²) in [5.74, 6) is -5.27. The van der Waals surface area contributed by atoms with Crippen LogP contribution in [0.4, 0.5) is 19.3 Å². The summed E-state index contributed by atoms with van der Waals surface area (Å²) in [6.45, 7) is 1.45. The van der Waals surface area contributed by atoms with Crippen LogP contribution in [0, 0.1) is 5.82 Å². The van der Waals surface area contributed by atoms with E-state index in [9.17, 15) is 19.2 Å². The normalized spacial score (nSPS) is 19.1. The minimum atomic E-state index is -2.60. The van der Waals surface area contributed by atoms with Crippen molar-refractivity contribution in [3.8, 4) is 0 Å². The van der Waals surface area contributed by atoms with Gasteiger partial charge in [-0.15, -0.1) is 0 Å². The van der Waals surface area contributed by atoms with Crippen molar-refractivity contribution in [3.05, 3.63) is 64.6 Å². The number of hydrogen-bond acceptors (Lipinski definition) is 6. The fourth-order valence-corrected chi connectivity index (χ4v) is 5.91. The Balaban J connectivity index is 1.25. The molecule has 0 radical (unpaired) electrons. The molecule has 0 spiro atoms. The highest BCUT2D eigenvalue weighted by molar-refractivity contribution is 6.34. The predicted molar refractivity (Wildman–Crippen MR) is 156 cm³/mol. The second-order valence-corrected chi connectivity index (χ2v) is 11.2. The highest BCUT2D eigenvalue weighted by Crippen LogP contribution is 2.35. The number of carbonyl (C=O) groups is 4. The molecule has 3 aromatic rings. The quantitative estimate of drug-likeness (QED) is 0.318. The summed E-state index contributed by atoms with van der Waals surface area (Å²) >= 11 is 6.37. The molecular weight excluding hydrogens is 584 g/mol. The molecule has 1 aromatic heterocycles. The third kappa shape index (κ3) is 6.07. The van der Waals surface area contributed by atoms with Gasteiger partial charge in [-0.25, -0.2) is 13.6 Å². The fraction of sp³-hybridized carbons (Fsp3) is 0.400. The first-order valence-corrected chi connectivity index (χ1v) is 14.3. The lowest BCUT2D eigenvalue weighted by molar-refractivity contribution is -0.142. The molecule has 0 saturated carbocycles. The van der Waals surface area contributed by atoms with Gasteiger partial charge in [-0.05, 0) is 30.2 Å². The second-order valence-electron chi connectivity index (χ2n) is 10.8. The largest absolute Gasteiger partial charge is 0.468 e. The number of likely N-dealkylation sites (tertiary alicyclic amines) is 1. The number of Topliss-reactive ketones (excluding diaryl/α,β-unsaturated/α-hetero) is 1. The van der Waals surface area contributed by atoms with E-state index >= 15 is 8.78 Å². The van der Waals surface area contributed by atoms with Crippen LogP contribution in [-0.4, -0.2) is 95.1 Å². The summed E-state index contributed by atoms with van der Waals surface area (Å²) in [5, 5.41) is 3.32. The van der Waals surface area contributed by atoms with Gasteiger partial charge in [0, 0.05) is 69.7 Å². The molecule has 2 aliphatic rings. The molecule has 1 atom stereocenters. The van der Waals surface area contributed by atoms with Crippen molar-refractivity contribution in [2.24, 2.45) is 7.05 Å². The van der Waals surface area contributed by atoms with Gasteiger partial charge in [0.25, 0.3) is 5.91 Å². The number of fused-ring (bicyclic) bond motifs is 1. The summed E-state index contributed by atoms with van der Waals surface area (Å²) in [6.07, 6.45) is 1.11. The van der Waals surface area contributed by atoms with Gasteiger partial charge in [-0.1, -0.05) is 29.8 Å². The summed E-state index contributed by atoms with van der Waals surface area (Å²) in [5.41, 5.74) is 1.08. The standard InChI is InChI=1S/C30H32ClF2N5O5/c1-35-17-21(20-6-3-4-7-25(20)35)28(41)34-24-16-23(32)19(14-22(24)31)15-26(39)30(33)8-5-9-38(30)29(42)37-12-10-36(11-13-37)18-27(40)43-2/h3-4,6-7,14,16-17H,5,8-13,15,18H2,1-2H3,(H,34,41). The van der Waals surface area contributed by atoms with E-state index in [0.717, 1.165) is 16.5 Å². The molecule has 5 rings (SSSR count). The van der Waals surface area contributed by atoms with Gasteiger partial charge in [0.2, 0.25) is 5.79 Å². The van der Waals surface area contributed by atoms with Crippen LogP contribution in [0.1, 0.15) is 28.8 Å². The molecular formula is C30H32ClF2N5O5. The van der Waals surface area contributed by atoms with Crippen molar-refractivity contribution in [1.82, 2.24) is 19.3 Å². The molecule has 13 heteroatoms. The molecule has 10 nitrogen and oxygen atoms in total. The molecule has 0 bridgehead atoms. The van der Waals surface area contributed by atoms with Gasteiger partial charge in [0.15, 0.2) is 5.78 Å². The van der Waals surface area contributed by atoms with Crippen LogP contribution in [0.3, 0.4) is 0 Å². The number of para-hydroxylation sites is 1. The highest BCUT2D eigenvalue weighted by Gasteiger charge is 2.51. The van der Waals surface area contributed by atoms with Gasteiger partial charge in [-0.3, -0.25) is 24.2 Å². The topological polar surface area (TPSA) is 104 Å². The van der Waals surface area contributed by atoms with Crippen LogP contribution < -0.4 is 5.32 Å². The average Bonchev–Trinajstić information content (AvgIpc) is 3.56. The number of methoxy groups -OCH3 is 1. The minimum absolute atomic E-state index is 0.00673. The van der Waals surface area contributed by atoms with Crippen LogP contribution in [0.2, 0.25) is 5.02 Å². The number of carbonyl (C=O) groups excluding carboxylic acids is 4. The van der Waals surface area contributed by atoms with Crippen LogP contribution in [0.15, 0.2) is 42.6 Å². The molecule has 2 fully saturated rings. The Bertz CT molecular complexity index is 1590. The van der Waals surface area contributed by atoms with Crippen molar-refractivity contribution in [2.75, 3.05) is 51.7 Å². The molecule has 1 N–H and O–H groups in total. The minimum Gasteiger partial charge on any atom is -0.468 e. The van der Waals surface area contributed by atoms with Crippen molar-refractivity contribution in [3.63, 3.8) is 0 Å². The Kier molecular flexibility index (Phi) is 8.70. The lowest BCUT2D eigenvalue weighted by Crippen LogP contribution is -2.58. The average molecular weight is 616 g/mol. The number of hydrogen-bond donors (Lipinski definition) is 1. The Labute approximate surface area is 252 Å². The Morgan fingerprint density at radius 2 is 1.79 bits per heavy atom. The van der Waals surface area contributed by atoms with Crippen molar-refractivity contribution in [2.45, 2.75) is 25.1 Å². The molecule has 2 saturated heterocycles. The summed E-state index contributed by atoms with van der Waals surface area (Å²) in [7, 11) is 3.11. The first-order chi connectivity index (χ1) is 20.5. The zero-order chi connectivity index (χ0) is 30.9. The van der Waals surface area contributed by atoms with E-state index in [0.29, 0.717) is 24.0 Å². The number of anilines is 1. The molecule has 3 heterocycles. The van der Waals surface area contributed by atoms with E-state index in [1.807, 2.05) is 30.1 Å². The Hall–Kier alpha value is -4.03. The van der Waals surface area contributed by atoms with Gasteiger partial charge >= 0.3 is 12.0 Å². The zero-order valence-electron chi connectivity index (χ0n) is 23.9. The van der Waals surface area contributed by atoms with Gasteiger partial charge in [0.05, 0.1) is 29.9 Å². The van der Waals surface area contributed by atoms with E-state index in [2.05, 4.69) is 10.1 Å². The number of esters is 1. The van der Waals surface area contributed by atoms with E-state index < -0.39 is 35.8 Å². The third-order valence-corrected chi connectivity index (χ3v) is 8.39. The fourth-order valence-electron chi connectivity index (χ4n) is 5.68. The predicted octanol–water partition coefficient (Wildman–Crippen LogP) is 4.01. The number of ether oxygens (including phenoxy) is 1. The number of rotatable bonds is 7. The number of piperazine rings is 1. The summed E-state index contributed by atoms with van der Waals surface area (Å²) < 4.78 is 37.9. The van der Waals surface area contributed by atoms with Gasteiger partial charge in [-0.2, -0.15) is 0 Å². The van der Waals surface area contributed by atoms with Crippen LogP contribution in [0.25, 0.3) is 10.9 Å². The van der Waals surface area contributed by atoms with Crippen LogP contribution in [0.5, 0.6) is 0 Å². The number of aryl methyl sites for hydroxylation is 1. The molecule has 43 heavy (non-hydrogen) atoms. The number of halogens is 3. The van der Waals surface area contributed by atoms with Gasteiger partial charge in [0.1, 0.15) is 5.82 Å². The van der Waals surface area contributed by atoms with E-state index in [4.69, 9.17) is 11.6 Å². The molecule has 228 valence electrons. The maximum atomic E-state index is 16.2. The number of nitrogens with one attached hydrogen (secondary N) is 1. The number of aromatic nitrogens is 1. The molecule has 2 aromatic carbocycles. The Morgan fingerprint density at radius 3 is 2.51 bits per heavy atom. The second kappa shape index (κ2) is 12.3. The smallest absolute Gasteiger partial charge is 0.322 e. The van der Waals surface area contributed by atoms with Gasteiger partial charge < -0.3 is 19.5 Å². The SMILES string of the molecule is COC(=O)CN1CCN(C(=O)N2CCCC2(F)C(=O)Cc2cc(Cl)c(NC(=O)c3cn(C)c4ccccc34)cc2F)CC1. The molecule has 0 aliphatic carbocycles. The van der Waals surface area contributed by atoms with Crippen molar-refractivity contribution in [1.29, 1.82) is 0 Å². The first kappa shape index (κ1) is 30.4. The number of ketones is 1. The van der Waals surface area contributed by atoms with Crippen LogP contribution in [-0.2, 0) is 27.8 Å². The number of benzene rings is 2. The number of urea groups is 1. The summed E-state index contributed by atoms with van der Waals surface area (Å²) in [6, 6.07) is 8.92. The van der Waals surface area contributed by atoms with Crippen molar-refractivity contribution >= 4 is 51.9 Å². The zero-order valence-corrected chi connectivity index (χ0v) is 24.6. The number of amides is 3. The number of nitrogens with zero attached hydrogens (tertiary/aromatic N) is 4. The molecule has 1 unspecified atom stereocenters. The highest BCUT2D eigenvalue weighted by atomic mass is 35.5. The van der Waals surface area contributed by atoms with E-state index in [1.54, 1.807) is 16.8 Å². The lowest BCUT2D eigenvalue weighted by atomic mass is 9.99. The third-order valence-electron chi connectivity index (χ3n) is 8.08. The van der Waals surface area contributed by atoms with E-state index in [1.165, 1.54) is 18.1 Å². The molecule has 3 amide bonds. The monoisotopic (exact) mass is 615 g/mol. The first-order valence-electron chi connectivity index (χ1n) is 13.9. The van der Waals surface area contributed by atoms with Crippen LogP contribution >= 0.6 is 11.6 Å². The van der Waals surface area contributed by atoms with Crippen molar-refractivity contribution < 1.29 is 32.7 Å².